The number of anilines is 1. The molecular formula is C10H9F3N2O2. The Kier molecular flexibility index (Phi) is 2.68. The van der Waals surface area contributed by atoms with E-state index in [1.807, 2.05) is 0 Å². The molecule has 2 rings (SSSR count). The van der Waals surface area contributed by atoms with Gasteiger partial charge in [-0.1, -0.05) is 0 Å². The van der Waals surface area contributed by atoms with Crippen molar-refractivity contribution in [3.05, 3.63) is 23.4 Å². The standard InChI is InChI=1S/C10H9F3N2O2/c11-10(12,13)6-4-7(9(16)17)8(14-5-6)15-2-1-3-15/h4-5H,1-3H2,(H,16,17). The number of alkyl halides is 3. The van der Waals surface area contributed by atoms with Crippen LogP contribution in [-0.4, -0.2) is 29.1 Å². The van der Waals surface area contributed by atoms with Gasteiger partial charge in [0.1, 0.15) is 11.4 Å². The first kappa shape index (κ1) is 11.7. The van der Waals surface area contributed by atoms with Gasteiger partial charge in [-0.05, 0) is 12.5 Å². The number of nitrogens with zero attached hydrogens (tertiary/aromatic N) is 2. The van der Waals surface area contributed by atoms with Crippen LogP contribution in [0, 0.1) is 0 Å². The normalized spacial score (nSPS) is 15.6. The van der Waals surface area contributed by atoms with Gasteiger partial charge in [-0.15, -0.1) is 0 Å². The molecular weight excluding hydrogens is 237 g/mol. The van der Waals surface area contributed by atoms with Crippen LogP contribution in [0.5, 0.6) is 0 Å². The van der Waals surface area contributed by atoms with E-state index in [-0.39, 0.29) is 5.82 Å². The highest BCUT2D eigenvalue weighted by Gasteiger charge is 2.33. The Morgan fingerprint density at radius 1 is 1.41 bits per heavy atom. The summed E-state index contributed by atoms with van der Waals surface area (Å²) in [6.45, 7) is 1.25. The summed E-state index contributed by atoms with van der Waals surface area (Å²) in [4.78, 5) is 16.2. The van der Waals surface area contributed by atoms with E-state index in [0.717, 1.165) is 6.42 Å². The molecule has 0 unspecified atom stereocenters. The molecule has 0 radical (unpaired) electrons. The van der Waals surface area contributed by atoms with Gasteiger partial charge in [0.15, 0.2) is 0 Å². The minimum Gasteiger partial charge on any atom is -0.478 e. The van der Waals surface area contributed by atoms with Crippen molar-refractivity contribution in [3.8, 4) is 0 Å². The van der Waals surface area contributed by atoms with Gasteiger partial charge < -0.3 is 10.0 Å². The third-order valence-electron chi connectivity index (χ3n) is 2.58. The first-order valence-electron chi connectivity index (χ1n) is 4.95. The molecule has 1 N–H and O–H groups in total. The molecule has 7 heteroatoms. The van der Waals surface area contributed by atoms with Crippen molar-refractivity contribution in [1.29, 1.82) is 0 Å². The molecule has 1 aromatic heterocycles. The molecule has 0 amide bonds. The van der Waals surface area contributed by atoms with E-state index in [2.05, 4.69) is 4.98 Å². The van der Waals surface area contributed by atoms with Gasteiger partial charge in [-0.25, -0.2) is 9.78 Å². The molecule has 0 bridgehead atoms. The molecule has 0 aliphatic carbocycles. The maximum Gasteiger partial charge on any atom is 0.417 e. The predicted octanol–water partition coefficient (Wildman–Crippen LogP) is 2.01. The van der Waals surface area contributed by atoms with E-state index in [4.69, 9.17) is 5.11 Å². The minimum atomic E-state index is -4.58. The largest absolute Gasteiger partial charge is 0.478 e. The number of carboxylic acid groups (broad SMARTS) is 1. The van der Waals surface area contributed by atoms with Crippen LogP contribution >= 0.6 is 0 Å². The van der Waals surface area contributed by atoms with Gasteiger partial charge in [0.2, 0.25) is 0 Å². The van der Waals surface area contributed by atoms with Crippen LogP contribution < -0.4 is 4.90 Å². The minimum absolute atomic E-state index is 0.108. The van der Waals surface area contributed by atoms with Gasteiger partial charge >= 0.3 is 12.1 Å². The predicted molar refractivity (Wildman–Crippen MR) is 53.0 cm³/mol. The fraction of sp³-hybridized carbons (Fsp3) is 0.400. The van der Waals surface area contributed by atoms with Crippen LogP contribution in [0.1, 0.15) is 22.3 Å². The number of aromatic nitrogens is 1. The van der Waals surface area contributed by atoms with Crippen molar-refractivity contribution < 1.29 is 23.1 Å². The molecule has 92 valence electrons. The second-order valence-electron chi connectivity index (χ2n) is 3.74. The zero-order valence-corrected chi connectivity index (χ0v) is 8.66. The fourth-order valence-electron chi connectivity index (χ4n) is 1.55. The number of hydrogen-bond acceptors (Lipinski definition) is 3. The highest BCUT2D eigenvalue weighted by molar-refractivity contribution is 5.93. The molecule has 1 saturated heterocycles. The monoisotopic (exact) mass is 246 g/mol. The summed E-state index contributed by atoms with van der Waals surface area (Å²) in [6.07, 6.45) is -3.02. The fourth-order valence-corrected chi connectivity index (χ4v) is 1.55. The molecule has 2 heterocycles. The topological polar surface area (TPSA) is 53.4 Å². The number of halogens is 3. The first-order valence-corrected chi connectivity index (χ1v) is 4.95. The number of aromatic carboxylic acids is 1. The summed E-state index contributed by atoms with van der Waals surface area (Å²) >= 11 is 0. The smallest absolute Gasteiger partial charge is 0.417 e. The lowest BCUT2D eigenvalue weighted by Crippen LogP contribution is -2.38. The Balaban J connectivity index is 2.44. The number of pyridine rings is 1. The third kappa shape index (κ3) is 2.17. The number of carboxylic acids is 1. The SMILES string of the molecule is O=C(O)c1cc(C(F)(F)F)cnc1N1CCC1. The van der Waals surface area contributed by atoms with E-state index < -0.39 is 23.3 Å². The van der Waals surface area contributed by atoms with Gasteiger partial charge in [-0.2, -0.15) is 13.2 Å². The summed E-state index contributed by atoms with van der Waals surface area (Å²) in [7, 11) is 0. The summed E-state index contributed by atoms with van der Waals surface area (Å²) in [6, 6.07) is 0.628. The lowest BCUT2D eigenvalue weighted by atomic mass is 10.1. The molecule has 1 aliphatic rings. The quantitative estimate of drug-likeness (QED) is 0.867. The third-order valence-corrected chi connectivity index (χ3v) is 2.58. The first-order chi connectivity index (χ1) is 7.89. The molecule has 0 spiro atoms. The molecule has 0 aromatic carbocycles. The maximum absolute atomic E-state index is 12.4. The van der Waals surface area contributed by atoms with Crippen molar-refractivity contribution in [1.82, 2.24) is 4.98 Å². The highest BCUT2D eigenvalue weighted by Crippen LogP contribution is 2.32. The molecule has 17 heavy (non-hydrogen) atoms. The Morgan fingerprint density at radius 3 is 2.47 bits per heavy atom. The Bertz CT molecular complexity index is 455. The number of hydrogen-bond donors (Lipinski definition) is 1. The van der Waals surface area contributed by atoms with Crippen molar-refractivity contribution >= 4 is 11.8 Å². The van der Waals surface area contributed by atoms with Crippen LogP contribution in [-0.2, 0) is 6.18 Å². The highest BCUT2D eigenvalue weighted by atomic mass is 19.4. The lowest BCUT2D eigenvalue weighted by Gasteiger charge is -2.33. The number of rotatable bonds is 2. The average Bonchev–Trinajstić information content (AvgIpc) is 2.13. The van der Waals surface area contributed by atoms with Crippen LogP contribution in [0.4, 0.5) is 19.0 Å². The van der Waals surface area contributed by atoms with Gasteiger partial charge in [0.25, 0.3) is 0 Å². The van der Waals surface area contributed by atoms with Crippen LogP contribution in [0.2, 0.25) is 0 Å². The summed E-state index contributed by atoms with van der Waals surface area (Å²) in [5.74, 6) is -1.29. The van der Waals surface area contributed by atoms with Crippen LogP contribution in [0.25, 0.3) is 0 Å². The maximum atomic E-state index is 12.4. The lowest BCUT2D eigenvalue weighted by molar-refractivity contribution is -0.137. The second-order valence-corrected chi connectivity index (χ2v) is 3.74. The zero-order valence-electron chi connectivity index (χ0n) is 8.66. The van der Waals surface area contributed by atoms with Crippen molar-refractivity contribution in [2.45, 2.75) is 12.6 Å². The van der Waals surface area contributed by atoms with Crippen LogP contribution in [0.3, 0.4) is 0 Å². The van der Waals surface area contributed by atoms with Crippen molar-refractivity contribution in [3.63, 3.8) is 0 Å². The van der Waals surface area contributed by atoms with E-state index in [0.29, 0.717) is 25.4 Å². The van der Waals surface area contributed by atoms with E-state index in [9.17, 15) is 18.0 Å². The summed E-state index contributed by atoms with van der Waals surface area (Å²) in [5.41, 5.74) is -1.45. The zero-order chi connectivity index (χ0) is 12.6. The molecule has 1 aliphatic heterocycles. The molecule has 4 nitrogen and oxygen atoms in total. The summed E-state index contributed by atoms with van der Waals surface area (Å²) in [5, 5.41) is 8.89. The van der Waals surface area contributed by atoms with E-state index >= 15 is 0 Å². The van der Waals surface area contributed by atoms with E-state index in [1.54, 1.807) is 4.90 Å². The van der Waals surface area contributed by atoms with Crippen LogP contribution in [0.15, 0.2) is 12.3 Å². The van der Waals surface area contributed by atoms with Crippen molar-refractivity contribution in [2.75, 3.05) is 18.0 Å². The van der Waals surface area contributed by atoms with Gasteiger partial charge in [0, 0.05) is 19.3 Å². The van der Waals surface area contributed by atoms with Crippen molar-refractivity contribution in [2.24, 2.45) is 0 Å². The Labute approximate surface area is 94.7 Å². The molecule has 1 aromatic rings. The summed E-state index contributed by atoms with van der Waals surface area (Å²) < 4.78 is 37.2. The Morgan fingerprint density at radius 2 is 2.06 bits per heavy atom. The van der Waals surface area contributed by atoms with Gasteiger partial charge in [0.05, 0.1) is 5.56 Å². The van der Waals surface area contributed by atoms with Gasteiger partial charge in [-0.3, -0.25) is 0 Å². The Hall–Kier alpha value is -1.79. The number of carbonyl (C=O) groups is 1. The van der Waals surface area contributed by atoms with E-state index in [1.165, 1.54) is 0 Å². The average molecular weight is 246 g/mol. The molecule has 0 saturated carbocycles. The molecule has 1 fully saturated rings. The second kappa shape index (κ2) is 3.90. The molecule has 0 atom stereocenters.